The lowest BCUT2D eigenvalue weighted by atomic mass is 10.2. The molecule has 3 rings (SSSR count). The Morgan fingerprint density at radius 1 is 1.17 bits per heavy atom. The molecule has 0 fully saturated rings. The zero-order valence-electron chi connectivity index (χ0n) is 16.3. The number of carbonyl (C=O) groups excluding carboxylic acids is 1. The Bertz CT molecular complexity index is 1090. The number of rotatable bonds is 7. The van der Waals surface area contributed by atoms with Gasteiger partial charge in [0.25, 0.3) is 5.56 Å². The van der Waals surface area contributed by atoms with E-state index in [1.54, 1.807) is 36.5 Å². The molecule has 0 atom stereocenters. The van der Waals surface area contributed by atoms with Crippen LogP contribution in [-0.4, -0.2) is 29.1 Å². The third-order valence-corrected chi connectivity index (χ3v) is 4.47. The summed E-state index contributed by atoms with van der Waals surface area (Å²) in [5.41, 5.74) is 0.908. The van der Waals surface area contributed by atoms with Crippen molar-refractivity contribution < 1.29 is 19.0 Å². The fraction of sp³-hybridized carbons (Fsp3) is 0.286. The van der Waals surface area contributed by atoms with E-state index in [2.05, 4.69) is 20.9 Å². The Morgan fingerprint density at radius 3 is 2.69 bits per heavy atom. The lowest BCUT2D eigenvalue weighted by Crippen LogP contribution is -2.16. The van der Waals surface area contributed by atoms with Crippen LogP contribution in [0.2, 0.25) is 0 Å². The van der Waals surface area contributed by atoms with E-state index < -0.39 is 5.97 Å². The second-order valence-corrected chi connectivity index (χ2v) is 7.72. The number of aromatic nitrogens is 2. The van der Waals surface area contributed by atoms with Crippen LogP contribution in [0.25, 0.3) is 5.65 Å². The number of benzene rings is 1. The Kier molecular flexibility index (Phi) is 6.53. The molecule has 2 aromatic heterocycles. The number of pyridine rings is 1. The third-order valence-electron chi connectivity index (χ3n) is 4.00. The minimum atomic E-state index is -0.545. The second kappa shape index (κ2) is 9.09. The number of halogens is 1. The second-order valence-electron chi connectivity index (χ2n) is 6.81. The first-order chi connectivity index (χ1) is 13.9. The summed E-state index contributed by atoms with van der Waals surface area (Å²) < 4.78 is 18.5. The molecule has 0 bridgehead atoms. The van der Waals surface area contributed by atoms with Crippen LogP contribution in [-0.2, 0) is 11.3 Å². The molecule has 8 heteroatoms. The zero-order valence-corrected chi connectivity index (χ0v) is 17.9. The number of fused-ring (bicyclic) bond motifs is 1. The Balaban J connectivity index is 1.73. The lowest BCUT2D eigenvalue weighted by molar-refractivity contribution is 0.0467. The summed E-state index contributed by atoms with van der Waals surface area (Å²) in [6, 6.07) is 9.69. The van der Waals surface area contributed by atoms with E-state index in [9.17, 15) is 9.59 Å². The lowest BCUT2D eigenvalue weighted by Gasteiger charge is -2.13. The summed E-state index contributed by atoms with van der Waals surface area (Å²) in [6.45, 7) is 4.52. The van der Waals surface area contributed by atoms with Crippen LogP contribution < -0.4 is 15.0 Å². The average molecular weight is 461 g/mol. The zero-order chi connectivity index (χ0) is 21.0. The summed E-state index contributed by atoms with van der Waals surface area (Å²) >= 11 is 3.32. The van der Waals surface area contributed by atoms with Gasteiger partial charge in [-0.1, -0.05) is 13.8 Å². The number of carbonyl (C=O) groups is 1. The predicted molar refractivity (Wildman–Crippen MR) is 112 cm³/mol. The first-order valence-electron chi connectivity index (χ1n) is 9.03. The number of hydrogen-bond donors (Lipinski definition) is 0. The number of methoxy groups -OCH3 is 1. The number of ether oxygens (including phenoxy) is 3. The molecule has 3 aromatic rings. The van der Waals surface area contributed by atoms with Gasteiger partial charge in [0.2, 0.25) is 0 Å². The summed E-state index contributed by atoms with van der Waals surface area (Å²) in [6.07, 6.45) is 1.63. The highest BCUT2D eigenvalue weighted by Gasteiger charge is 2.14. The van der Waals surface area contributed by atoms with Crippen molar-refractivity contribution in [1.82, 2.24) is 9.38 Å². The van der Waals surface area contributed by atoms with Gasteiger partial charge >= 0.3 is 5.97 Å². The molecule has 7 nitrogen and oxygen atoms in total. The minimum absolute atomic E-state index is 0.117. The van der Waals surface area contributed by atoms with Gasteiger partial charge in [-0.05, 0) is 52.2 Å². The van der Waals surface area contributed by atoms with E-state index in [-0.39, 0.29) is 12.2 Å². The van der Waals surface area contributed by atoms with Crippen LogP contribution in [0.15, 0.2) is 51.9 Å². The largest absolute Gasteiger partial charge is 0.493 e. The molecule has 0 saturated carbocycles. The maximum atomic E-state index is 12.4. The standard InChI is InChI=1S/C21H21BrN2O5/c1-13(2)11-28-17-6-4-14(8-18(17)27-3)21(26)29-12-16-9-20(25)24-10-15(22)5-7-19(24)23-16/h4-10,13H,11-12H2,1-3H3. The number of nitrogens with zero attached hydrogens (tertiary/aromatic N) is 2. The van der Waals surface area contributed by atoms with Crippen molar-refractivity contribution in [3.63, 3.8) is 0 Å². The molecule has 0 radical (unpaired) electrons. The molecule has 0 N–H and O–H groups in total. The maximum absolute atomic E-state index is 12.4. The molecular weight excluding hydrogens is 440 g/mol. The molecule has 2 heterocycles. The molecule has 0 unspecified atom stereocenters. The first kappa shape index (κ1) is 20.9. The van der Waals surface area contributed by atoms with Crippen molar-refractivity contribution in [3.05, 3.63) is 68.7 Å². The molecule has 1 aromatic carbocycles. The predicted octanol–water partition coefficient (Wildman–Crippen LogP) is 3.86. The van der Waals surface area contributed by atoms with Gasteiger partial charge in [0.1, 0.15) is 12.3 Å². The van der Waals surface area contributed by atoms with E-state index in [4.69, 9.17) is 14.2 Å². The highest BCUT2D eigenvalue weighted by molar-refractivity contribution is 9.10. The SMILES string of the molecule is COc1cc(C(=O)OCc2cc(=O)n3cc(Br)ccc3n2)ccc1OCC(C)C. The maximum Gasteiger partial charge on any atom is 0.338 e. The minimum Gasteiger partial charge on any atom is -0.493 e. The van der Waals surface area contributed by atoms with E-state index >= 15 is 0 Å². The average Bonchev–Trinajstić information content (AvgIpc) is 2.70. The smallest absolute Gasteiger partial charge is 0.338 e. The third kappa shape index (κ3) is 5.14. The van der Waals surface area contributed by atoms with Gasteiger partial charge in [-0.25, -0.2) is 9.78 Å². The fourth-order valence-corrected chi connectivity index (χ4v) is 2.93. The van der Waals surface area contributed by atoms with Gasteiger partial charge in [-0.3, -0.25) is 9.20 Å². The van der Waals surface area contributed by atoms with Gasteiger partial charge in [-0.2, -0.15) is 0 Å². The molecule has 0 amide bonds. The Labute approximate surface area is 176 Å². The molecule has 0 aliphatic heterocycles. The van der Waals surface area contributed by atoms with Gasteiger partial charge in [0.15, 0.2) is 11.5 Å². The van der Waals surface area contributed by atoms with Crippen LogP contribution in [0.4, 0.5) is 0 Å². The quantitative estimate of drug-likeness (QED) is 0.498. The van der Waals surface area contributed by atoms with Crippen LogP contribution >= 0.6 is 15.9 Å². The van der Waals surface area contributed by atoms with Crippen LogP contribution in [0.3, 0.4) is 0 Å². The summed E-state index contributed by atoms with van der Waals surface area (Å²) in [7, 11) is 1.51. The van der Waals surface area contributed by atoms with Gasteiger partial charge in [0.05, 0.1) is 25.0 Å². The summed E-state index contributed by atoms with van der Waals surface area (Å²) in [5, 5.41) is 0. The van der Waals surface area contributed by atoms with Crippen molar-refractivity contribution in [3.8, 4) is 11.5 Å². The Hall–Kier alpha value is -2.87. The molecule has 0 spiro atoms. The van der Waals surface area contributed by atoms with Gasteiger partial charge < -0.3 is 14.2 Å². The molecular formula is C21H21BrN2O5. The first-order valence-corrected chi connectivity index (χ1v) is 9.82. The van der Waals surface area contributed by atoms with Crippen molar-refractivity contribution >= 4 is 27.5 Å². The van der Waals surface area contributed by atoms with E-state index in [1.807, 2.05) is 13.8 Å². The van der Waals surface area contributed by atoms with Crippen molar-refractivity contribution in [1.29, 1.82) is 0 Å². The number of hydrogen-bond acceptors (Lipinski definition) is 6. The summed E-state index contributed by atoms with van der Waals surface area (Å²) in [5.74, 6) is 0.835. The topological polar surface area (TPSA) is 79.1 Å². The van der Waals surface area contributed by atoms with Crippen LogP contribution in [0.1, 0.15) is 29.9 Å². The van der Waals surface area contributed by atoms with Crippen molar-refractivity contribution in [2.75, 3.05) is 13.7 Å². The molecule has 152 valence electrons. The molecule has 0 saturated heterocycles. The van der Waals surface area contributed by atoms with Crippen molar-refractivity contribution in [2.24, 2.45) is 5.92 Å². The molecule has 29 heavy (non-hydrogen) atoms. The summed E-state index contributed by atoms with van der Waals surface area (Å²) in [4.78, 5) is 29.0. The van der Waals surface area contributed by atoms with Gasteiger partial charge in [-0.15, -0.1) is 0 Å². The monoisotopic (exact) mass is 460 g/mol. The molecule has 0 aliphatic rings. The normalized spacial score (nSPS) is 10.9. The Morgan fingerprint density at radius 2 is 1.97 bits per heavy atom. The highest BCUT2D eigenvalue weighted by Crippen LogP contribution is 2.28. The number of esters is 1. The molecule has 0 aliphatic carbocycles. The van der Waals surface area contributed by atoms with E-state index in [0.29, 0.717) is 40.9 Å². The highest BCUT2D eigenvalue weighted by atomic mass is 79.9. The van der Waals surface area contributed by atoms with E-state index in [0.717, 1.165) is 4.47 Å². The van der Waals surface area contributed by atoms with Crippen LogP contribution in [0, 0.1) is 5.92 Å². The fourth-order valence-electron chi connectivity index (χ4n) is 2.59. The van der Waals surface area contributed by atoms with E-state index in [1.165, 1.54) is 17.6 Å². The van der Waals surface area contributed by atoms with Gasteiger partial charge in [0, 0.05) is 16.7 Å². The van der Waals surface area contributed by atoms with Crippen molar-refractivity contribution in [2.45, 2.75) is 20.5 Å². The van der Waals surface area contributed by atoms with Crippen LogP contribution in [0.5, 0.6) is 11.5 Å².